The highest BCUT2D eigenvalue weighted by Gasteiger charge is 2.35. The van der Waals surface area contributed by atoms with Crippen molar-refractivity contribution in [3.63, 3.8) is 0 Å². The topological polar surface area (TPSA) is 60.9 Å². The molecule has 1 aromatic heterocycles. The number of aliphatic hydroxyl groups is 1. The number of hydrogen-bond acceptors (Lipinski definition) is 6. The van der Waals surface area contributed by atoms with Crippen LogP contribution in [-0.4, -0.2) is 69.0 Å². The van der Waals surface area contributed by atoms with Crippen LogP contribution in [0.5, 0.6) is 5.75 Å². The van der Waals surface area contributed by atoms with Crippen molar-refractivity contribution in [2.45, 2.75) is 31.9 Å². The average Bonchev–Trinajstić information content (AvgIpc) is 2.94. The van der Waals surface area contributed by atoms with E-state index in [9.17, 15) is 18.3 Å². The van der Waals surface area contributed by atoms with E-state index in [4.69, 9.17) is 4.74 Å². The molecule has 2 heterocycles. The molecule has 1 aliphatic rings. The molecular weight excluding hydrogens is 512 g/mol. The Labute approximate surface area is 226 Å². The fourth-order valence-electron chi connectivity index (χ4n) is 5.33. The van der Waals surface area contributed by atoms with E-state index in [1.165, 1.54) is 0 Å². The molecule has 0 saturated carbocycles. The van der Waals surface area contributed by atoms with Crippen LogP contribution in [0.3, 0.4) is 0 Å². The van der Waals surface area contributed by atoms with Crippen LogP contribution in [0.15, 0.2) is 36.5 Å². The van der Waals surface area contributed by atoms with Gasteiger partial charge in [0.15, 0.2) is 17.5 Å². The van der Waals surface area contributed by atoms with Gasteiger partial charge in [0.1, 0.15) is 11.9 Å². The molecule has 3 aromatic rings. The number of piperidine rings is 1. The zero-order chi connectivity index (χ0) is 28.2. The van der Waals surface area contributed by atoms with Crippen molar-refractivity contribution in [3.8, 4) is 5.75 Å². The summed E-state index contributed by atoms with van der Waals surface area (Å²) >= 11 is 0. The van der Waals surface area contributed by atoms with E-state index in [1.807, 2.05) is 37.2 Å². The number of alkyl halides is 1. The second-order valence-corrected chi connectivity index (χ2v) is 10.5. The number of nitrogens with one attached hydrogen (secondary N) is 1. The molecule has 1 unspecified atom stereocenters. The van der Waals surface area contributed by atoms with Gasteiger partial charge in [-0.3, -0.25) is 4.98 Å². The minimum absolute atomic E-state index is 0.0224. The van der Waals surface area contributed by atoms with Crippen LogP contribution >= 0.6 is 0 Å². The number of halogens is 4. The van der Waals surface area contributed by atoms with Gasteiger partial charge in [0.05, 0.1) is 24.5 Å². The number of rotatable bonds is 11. The molecule has 1 atom stereocenters. The summed E-state index contributed by atoms with van der Waals surface area (Å²) in [5, 5.41) is 13.9. The van der Waals surface area contributed by atoms with Crippen LogP contribution in [0, 0.1) is 22.9 Å². The number of benzene rings is 2. The van der Waals surface area contributed by atoms with Crippen LogP contribution in [0.1, 0.15) is 37.4 Å². The van der Waals surface area contributed by atoms with Gasteiger partial charge < -0.3 is 25.0 Å². The number of aliphatic hydroxyl groups excluding tert-OH is 1. The van der Waals surface area contributed by atoms with E-state index < -0.39 is 23.6 Å². The molecule has 0 amide bonds. The monoisotopic (exact) mass is 548 g/mol. The first-order valence-electron chi connectivity index (χ1n) is 13.2. The Balaban J connectivity index is 1.37. The molecule has 39 heavy (non-hydrogen) atoms. The van der Waals surface area contributed by atoms with Gasteiger partial charge in [-0.2, -0.15) is 0 Å². The Morgan fingerprint density at radius 2 is 1.82 bits per heavy atom. The summed E-state index contributed by atoms with van der Waals surface area (Å²) in [4.78, 5) is 8.55. The van der Waals surface area contributed by atoms with Crippen molar-refractivity contribution in [1.82, 2.24) is 9.88 Å². The summed E-state index contributed by atoms with van der Waals surface area (Å²) in [5.41, 5.74) is 1.79. The standard InChI is InChI=1S/C29H36F4N4O2/c1-36(2)26-17-35-25-5-4-20(39-3)16-21(25)27(26)22(30)6-7-29(18-38)8-11-37(12-9-29)13-10-34-19-14-23(31)28(33)24(32)15-19/h4-5,14-17,22,34,38H,6-13,18H2,1-3H3. The molecule has 0 bridgehead atoms. The van der Waals surface area contributed by atoms with Crippen LogP contribution in [-0.2, 0) is 0 Å². The van der Waals surface area contributed by atoms with Crippen LogP contribution in [0.2, 0.25) is 0 Å². The maximum absolute atomic E-state index is 16.0. The van der Waals surface area contributed by atoms with Gasteiger partial charge in [0, 0.05) is 62.6 Å². The second-order valence-electron chi connectivity index (χ2n) is 10.5. The van der Waals surface area contributed by atoms with Crippen LogP contribution in [0.25, 0.3) is 10.9 Å². The predicted octanol–water partition coefficient (Wildman–Crippen LogP) is 5.70. The van der Waals surface area contributed by atoms with E-state index in [2.05, 4.69) is 15.2 Å². The highest BCUT2D eigenvalue weighted by molar-refractivity contribution is 5.88. The molecule has 2 aromatic carbocycles. The fourth-order valence-corrected chi connectivity index (χ4v) is 5.33. The molecule has 1 saturated heterocycles. The number of fused-ring (bicyclic) bond motifs is 1. The number of likely N-dealkylation sites (tertiary alicyclic amines) is 1. The first kappa shape index (κ1) is 28.9. The van der Waals surface area contributed by atoms with Gasteiger partial charge in [0.25, 0.3) is 0 Å². The smallest absolute Gasteiger partial charge is 0.194 e. The molecule has 0 aliphatic carbocycles. The van der Waals surface area contributed by atoms with Gasteiger partial charge >= 0.3 is 0 Å². The van der Waals surface area contributed by atoms with E-state index in [0.717, 1.165) is 12.1 Å². The molecule has 4 rings (SSSR count). The lowest BCUT2D eigenvalue weighted by molar-refractivity contribution is 0.0316. The summed E-state index contributed by atoms with van der Waals surface area (Å²) in [5.74, 6) is -3.31. The molecule has 2 N–H and O–H groups in total. The predicted molar refractivity (Wildman–Crippen MR) is 146 cm³/mol. The highest BCUT2D eigenvalue weighted by Crippen LogP contribution is 2.42. The minimum atomic E-state index is -1.48. The van der Waals surface area contributed by atoms with Gasteiger partial charge in [-0.1, -0.05) is 0 Å². The first-order chi connectivity index (χ1) is 18.7. The lowest BCUT2D eigenvalue weighted by Crippen LogP contribution is -2.43. The van der Waals surface area contributed by atoms with Crippen molar-refractivity contribution in [3.05, 3.63) is 59.5 Å². The lowest BCUT2D eigenvalue weighted by atomic mass is 9.74. The average molecular weight is 549 g/mol. The normalized spacial score (nSPS) is 16.3. The molecule has 10 heteroatoms. The Bertz CT molecular complexity index is 1260. The largest absolute Gasteiger partial charge is 0.497 e. The molecule has 1 aliphatic heterocycles. The van der Waals surface area contributed by atoms with Gasteiger partial charge in [-0.15, -0.1) is 0 Å². The Hall–Kier alpha value is -3.11. The second kappa shape index (κ2) is 12.4. The highest BCUT2D eigenvalue weighted by atomic mass is 19.2. The van der Waals surface area contributed by atoms with Crippen molar-refractivity contribution in [2.75, 3.05) is 64.2 Å². The number of aromatic nitrogens is 1. The summed E-state index contributed by atoms with van der Waals surface area (Å²) < 4.78 is 61.4. The SMILES string of the molecule is COc1ccc2ncc(N(C)C)c(C(F)CCC3(CO)CCN(CCNc4cc(F)c(F)c(F)c4)CC3)c2c1. The molecule has 212 valence electrons. The Morgan fingerprint density at radius 3 is 2.44 bits per heavy atom. The van der Waals surface area contributed by atoms with Gasteiger partial charge in [0.2, 0.25) is 0 Å². The molecule has 6 nitrogen and oxygen atoms in total. The fraction of sp³-hybridized carbons (Fsp3) is 0.483. The third-order valence-electron chi connectivity index (χ3n) is 7.81. The van der Waals surface area contributed by atoms with Crippen molar-refractivity contribution < 1.29 is 27.4 Å². The molecular formula is C29H36F4N4O2. The maximum Gasteiger partial charge on any atom is 0.194 e. The maximum atomic E-state index is 16.0. The third-order valence-corrected chi connectivity index (χ3v) is 7.81. The van der Waals surface area contributed by atoms with Gasteiger partial charge in [-0.05, 0) is 62.4 Å². The summed E-state index contributed by atoms with van der Waals surface area (Å²) in [7, 11) is 5.30. The van der Waals surface area contributed by atoms with E-state index >= 15 is 4.39 Å². The molecule has 1 fully saturated rings. The number of anilines is 2. The van der Waals surface area contributed by atoms with Crippen molar-refractivity contribution in [2.24, 2.45) is 5.41 Å². The van der Waals surface area contributed by atoms with Crippen molar-refractivity contribution in [1.29, 1.82) is 0 Å². The van der Waals surface area contributed by atoms with E-state index in [-0.39, 0.29) is 24.1 Å². The van der Waals surface area contributed by atoms with Crippen LogP contribution in [0.4, 0.5) is 28.9 Å². The molecule has 0 spiro atoms. The first-order valence-corrected chi connectivity index (χ1v) is 13.2. The Morgan fingerprint density at radius 1 is 1.13 bits per heavy atom. The number of methoxy groups -OCH3 is 1. The van der Waals surface area contributed by atoms with E-state index in [0.29, 0.717) is 73.3 Å². The number of nitrogens with zero attached hydrogens (tertiary/aromatic N) is 3. The molecule has 0 radical (unpaired) electrons. The third kappa shape index (κ3) is 6.55. The zero-order valence-electron chi connectivity index (χ0n) is 22.6. The summed E-state index contributed by atoms with van der Waals surface area (Å²) in [6.07, 6.45) is 2.66. The zero-order valence-corrected chi connectivity index (χ0v) is 22.6. The quantitative estimate of drug-likeness (QED) is 0.237. The summed E-state index contributed by atoms with van der Waals surface area (Å²) in [6.45, 7) is 2.44. The van der Waals surface area contributed by atoms with Crippen molar-refractivity contribution >= 4 is 22.3 Å². The van der Waals surface area contributed by atoms with Gasteiger partial charge in [-0.25, -0.2) is 17.6 Å². The summed E-state index contributed by atoms with van der Waals surface area (Å²) in [6, 6.07) is 7.32. The lowest BCUT2D eigenvalue weighted by Gasteiger charge is -2.41. The number of pyridine rings is 1. The van der Waals surface area contributed by atoms with E-state index in [1.54, 1.807) is 13.3 Å². The minimum Gasteiger partial charge on any atom is -0.497 e. The number of hydrogen-bond donors (Lipinski definition) is 2. The number of ether oxygens (including phenoxy) is 1. The Kier molecular flexibility index (Phi) is 9.17. The van der Waals surface area contributed by atoms with Crippen LogP contribution < -0.4 is 15.0 Å².